The van der Waals surface area contributed by atoms with Crippen LogP contribution in [0.4, 0.5) is 0 Å². The van der Waals surface area contributed by atoms with E-state index in [-0.39, 0.29) is 6.61 Å². The highest BCUT2D eigenvalue weighted by molar-refractivity contribution is 9.10. The Morgan fingerprint density at radius 1 is 1.47 bits per heavy atom. The molecule has 0 saturated carbocycles. The molecule has 2 rings (SSSR count). The van der Waals surface area contributed by atoms with Crippen LogP contribution in [0.5, 0.6) is 0 Å². The first-order valence-electron chi connectivity index (χ1n) is 6.97. The van der Waals surface area contributed by atoms with Gasteiger partial charge in [0.2, 0.25) is 0 Å². The van der Waals surface area contributed by atoms with Crippen LogP contribution < -0.4 is 0 Å². The van der Waals surface area contributed by atoms with Gasteiger partial charge in [0.15, 0.2) is 0 Å². The molecule has 0 bridgehead atoms. The number of aliphatic hydroxyl groups is 1. The minimum atomic E-state index is 0.249. The van der Waals surface area contributed by atoms with Gasteiger partial charge in [0.05, 0.1) is 6.61 Å². The minimum Gasteiger partial charge on any atom is -0.395 e. The van der Waals surface area contributed by atoms with Crippen LogP contribution in [0.2, 0.25) is 0 Å². The summed E-state index contributed by atoms with van der Waals surface area (Å²) in [5.74, 6) is 0. The Labute approximate surface area is 124 Å². The molecular formula is C15H23BrN2O. The Hall–Kier alpha value is -0.420. The van der Waals surface area contributed by atoms with Gasteiger partial charge in [0.1, 0.15) is 0 Å². The lowest BCUT2D eigenvalue weighted by molar-refractivity contribution is 0.0970. The van der Waals surface area contributed by atoms with E-state index >= 15 is 0 Å². The Balaban J connectivity index is 1.90. The van der Waals surface area contributed by atoms with Gasteiger partial charge in [-0.05, 0) is 44.1 Å². The maximum Gasteiger partial charge on any atom is 0.0558 e. The van der Waals surface area contributed by atoms with Crippen molar-refractivity contribution in [3.8, 4) is 0 Å². The summed E-state index contributed by atoms with van der Waals surface area (Å²) in [6, 6.07) is 9.12. The second kappa shape index (κ2) is 7.39. The highest BCUT2D eigenvalue weighted by Crippen LogP contribution is 2.18. The molecule has 1 aromatic carbocycles. The van der Waals surface area contributed by atoms with Gasteiger partial charge in [-0.25, -0.2) is 0 Å². The maximum absolute atomic E-state index is 9.04. The zero-order chi connectivity index (χ0) is 13.7. The monoisotopic (exact) mass is 326 g/mol. The Kier molecular flexibility index (Phi) is 5.82. The fourth-order valence-corrected chi connectivity index (χ4v) is 3.21. The van der Waals surface area contributed by atoms with E-state index in [1.54, 1.807) is 0 Å². The molecule has 106 valence electrons. The summed E-state index contributed by atoms with van der Waals surface area (Å²) in [6.45, 7) is 4.32. The summed E-state index contributed by atoms with van der Waals surface area (Å²) < 4.78 is 1.15. The van der Waals surface area contributed by atoms with E-state index in [0.717, 1.165) is 24.1 Å². The molecule has 3 nitrogen and oxygen atoms in total. The molecule has 0 amide bonds. The first-order chi connectivity index (χ1) is 9.19. The van der Waals surface area contributed by atoms with Gasteiger partial charge in [-0.2, -0.15) is 0 Å². The van der Waals surface area contributed by atoms with Gasteiger partial charge in [-0.1, -0.05) is 28.1 Å². The number of aliphatic hydroxyl groups excluding tert-OH is 1. The molecule has 1 aromatic rings. The van der Waals surface area contributed by atoms with E-state index in [2.05, 4.69) is 57.0 Å². The largest absolute Gasteiger partial charge is 0.395 e. The number of piperidine rings is 1. The average Bonchev–Trinajstić information content (AvgIpc) is 2.39. The van der Waals surface area contributed by atoms with Crippen LogP contribution in [-0.4, -0.2) is 54.2 Å². The smallest absolute Gasteiger partial charge is 0.0558 e. The van der Waals surface area contributed by atoms with Crippen molar-refractivity contribution in [2.45, 2.75) is 25.4 Å². The molecule has 1 N–H and O–H groups in total. The lowest BCUT2D eigenvalue weighted by atomic mass is 10.0. The topological polar surface area (TPSA) is 26.7 Å². The fraction of sp³-hybridized carbons (Fsp3) is 0.600. The van der Waals surface area contributed by atoms with Crippen molar-refractivity contribution in [3.63, 3.8) is 0 Å². The van der Waals surface area contributed by atoms with E-state index < -0.39 is 0 Å². The molecule has 1 aliphatic rings. The summed E-state index contributed by atoms with van der Waals surface area (Å²) in [5, 5.41) is 9.04. The van der Waals surface area contributed by atoms with E-state index in [9.17, 15) is 0 Å². The molecule has 0 spiro atoms. The van der Waals surface area contributed by atoms with Gasteiger partial charge < -0.3 is 5.11 Å². The van der Waals surface area contributed by atoms with Crippen LogP contribution >= 0.6 is 15.9 Å². The van der Waals surface area contributed by atoms with Crippen molar-refractivity contribution >= 4 is 15.9 Å². The molecule has 1 aliphatic heterocycles. The average molecular weight is 327 g/mol. The third kappa shape index (κ3) is 4.56. The Bertz CT molecular complexity index is 399. The molecule has 1 unspecified atom stereocenters. The van der Waals surface area contributed by atoms with Gasteiger partial charge in [0.25, 0.3) is 0 Å². The summed E-state index contributed by atoms with van der Waals surface area (Å²) in [6.07, 6.45) is 2.49. The van der Waals surface area contributed by atoms with Gasteiger partial charge in [0, 0.05) is 30.1 Å². The number of benzene rings is 1. The first-order valence-corrected chi connectivity index (χ1v) is 7.76. The quantitative estimate of drug-likeness (QED) is 0.899. The molecule has 4 heteroatoms. The molecular weight excluding hydrogens is 304 g/mol. The van der Waals surface area contributed by atoms with E-state index in [1.165, 1.54) is 24.9 Å². The zero-order valence-corrected chi connectivity index (χ0v) is 13.1. The summed E-state index contributed by atoms with van der Waals surface area (Å²) in [7, 11) is 2.11. The predicted molar refractivity (Wildman–Crippen MR) is 82.2 cm³/mol. The predicted octanol–water partition coefficient (Wildman–Crippen LogP) is 2.34. The first kappa shape index (κ1) is 15.0. The van der Waals surface area contributed by atoms with Crippen molar-refractivity contribution in [2.75, 3.05) is 33.3 Å². The highest BCUT2D eigenvalue weighted by atomic mass is 79.9. The maximum atomic E-state index is 9.04. The molecule has 0 aromatic heterocycles. The number of nitrogens with zero attached hydrogens (tertiary/aromatic N) is 2. The number of hydrogen-bond acceptors (Lipinski definition) is 3. The van der Waals surface area contributed by atoms with Crippen LogP contribution in [0, 0.1) is 0 Å². The van der Waals surface area contributed by atoms with Gasteiger partial charge >= 0.3 is 0 Å². The lowest BCUT2D eigenvalue weighted by Crippen LogP contribution is -2.46. The van der Waals surface area contributed by atoms with Crippen molar-refractivity contribution in [3.05, 3.63) is 34.3 Å². The zero-order valence-electron chi connectivity index (χ0n) is 11.6. The van der Waals surface area contributed by atoms with Crippen LogP contribution in [0.25, 0.3) is 0 Å². The third-order valence-corrected chi connectivity index (χ3v) is 4.35. The van der Waals surface area contributed by atoms with Crippen molar-refractivity contribution in [1.29, 1.82) is 0 Å². The number of rotatable bonds is 5. The highest BCUT2D eigenvalue weighted by Gasteiger charge is 2.22. The van der Waals surface area contributed by atoms with Crippen LogP contribution in [-0.2, 0) is 6.54 Å². The fourth-order valence-electron chi connectivity index (χ4n) is 2.77. The van der Waals surface area contributed by atoms with E-state index in [1.807, 2.05) is 0 Å². The normalized spacial score (nSPS) is 20.9. The second-order valence-corrected chi connectivity index (χ2v) is 6.28. The Morgan fingerprint density at radius 3 is 3.05 bits per heavy atom. The molecule has 1 fully saturated rings. The van der Waals surface area contributed by atoms with E-state index in [4.69, 9.17) is 5.11 Å². The molecule has 0 radical (unpaired) electrons. The SMILES string of the molecule is CN(CCO)C1CCCN(Cc2cccc(Br)c2)C1. The molecule has 1 heterocycles. The molecule has 0 aliphatic carbocycles. The third-order valence-electron chi connectivity index (χ3n) is 3.85. The summed E-state index contributed by atoms with van der Waals surface area (Å²) >= 11 is 3.53. The summed E-state index contributed by atoms with van der Waals surface area (Å²) in [5.41, 5.74) is 1.36. The number of likely N-dealkylation sites (N-methyl/N-ethyl adjacent to an activating group) is 1. The standard InChI is InChI=1S/C15H23BrN2O/c1-17(8-9-19)15-6-3-7-18(12-15)11-13-4-2-5-14(16)10-13/h2,4-5,10,15,19H,3,6-9,11-12H2,1H3. The van der Waals surface area contributed by atoms with Gasteiger partial charge in [-0.3, -0.25) is 9.80 Å². The number of halogens is 1. The number of hydrogen-bond donors (Lipinski definition) is 1. The number of likely N-dealkylation sites (tertiary alicyclic amines) is 1. The van der Waals surface area contributed by atoms with Gasteiger partial charge in [-0.15, -0.1) is 0 Å². The van der Waals surface area contributed by atoms with Crippen LogP contribution in [0.15, 0.2) is 28.7 Å². The lowest BCUT2D eigenvalue weighted by Gasteiger charge is -2.37. The van der Waals surface area contributed by atoms with Crippen LogP contribution in [0.3, 0.4) is 0 Å². The molecule has 1 atom stereocenters. The van der Waals surface area contributed by atoms with Crippen LogP contribution in [0.1, 0.15) is 18.4 Å². The van der Waals surface area contributed by atoms with E-state index in [0.29, 0.717) is 6.04 Å². The second-order valence-electron chi connectivity index (χ2n) is 5.37. The molecule has 1 saturated heterocycles. The van der Waals surface area contributed by atoms with Crippen molar-refractivity contribution in [1.82, 2.24) is 9.80 Å². The Morgan fingerprint density at radius 2 is 2.32 bits per heavy atom. The summed E-state index contributed by atoms with van der Waals surface area (Å²) in [4.78, 5) is 4.80. The molecule has 19 heavy (non-hydrogen) atoms. The van der Waals surface area contributed by atoms with Crippen molar-refractivity contribution < 1.29 is 5.11 Å². The minimum absolute atomic E-state index is 0.249. The van der Waals surface area contributed by atoms with Crippen molar-refractivity contribution in [2.24, 2.45) is 0 Å².